The van der Waals surface area contributed by atoms with Gasteiger partial charge in [-0.3, -0.25) is 4.79 Å². The number of methoxy groups -OCH3 is 1. The normalized spacial score (nSPS) is 18.3. The molecule has 1 saturated heterocycles. The zero-order valence-corrected chi connectivity index (χ0v) is 19.1. The highest BCUT2D eigenvalue weighted by Gasteiger charge is 2.31. The summed E-state index contributed by atoms with van der Waals surface area (Å²) in [6, 6.07) is 17.6. The number of hydrogen-bond acceptors (Lipinski definition) is 3. The van der Waals surface area contributed by atoms with Crippen LogP contribution in [0.2, 0.25) is 0 Å². The number of amides is 1. The predicted octanol–water partition coefficient (Wildman–Crippen LogP) is 4.98. The van der Waals surface area contributed by atoms with E-state index in [0.29, 0.717) is 19.0 Å². The Bertz CT molecular complexity index is 833. The molecular formula is C27H36N2O2. The minimum absolute atomic E-state index is 0.227. The Morgan fingerprint density at radius 2 is 1.55 bits per heavy atom. The van der Waals surface area contributed by atoms with Crippen molar-refractivity contribution in [2.75, 3.05) is 20.2 Å². The molecule has 0 N–H and O–H groups in total. The van der Waals surface area contributed by atoms with Crippen LogP contribution in [-0.4, -0.2) is 48.0 Å². The first-order chi connectivity index (χ1) is 15.1. The van der Waals surface area contributed by atoms with Crippen molar-refractivity contribution < 1.29 is 9.53 Å². The van der Waals surface area contributed by atoms with E-state index in [1.165, 1.54) is 36.8 Å². The Morgan fingerprint density at radius 3 is 2.16 bits per heavy atom. The van der Waals surface area contributed by atoms with Gasteiger partial charge in [-0.15, -0.1) is 0 Å². The number of piperidine rings is 1. The summed E-state index contributed by atoms with van der Waals surface area (Å²) in [4.78, 5) is 18.3. The maximum atomic E-state index is 13.5. The van der Waals surface area contributed by atoms with Crippen LogP contribution in [0, 0.1) is 6.92 Å². The van der Waals surface area contributed by atoms with Crippen LogP contribution in [0.5, 0.6) is 5.75 Å². The van der Waals surface area contributed by atoms with Crippen LogP contribution in [0.15, 0.2) is 48.5 Å². The Labute approximate surface area is 187 Å². The molecule has 0 spiro atoms. The first-order valence-corrected chi connectivity index (χ1v) is 11.8. The largest absolute Gasteiger partial charge is 0.497 e. The lowest BCUT2D eigenvalue weighted by Gasteiger charge is -2.41. The van der Waals surface area contributed by atoms with E-state index in [0.717, 1.165) is 43.3 Å². The number of likely N-dealkylation sites (tertiary alicyclic amines) is 1. The molecule has 0 atom stereocenters. The second-order valence-corrected chi connectivity index (χ2v) is 9.24. The lowest BCUT2D eigenvalue weighted by Crippen LogP contribution is -2.49. The van der Waals surface area contributed by atoms with Crippen LogP contribution in [0.1, 0.15) is 55.2 Å². The monoisotopic (exact) mass is 420 g/mol. The lowest BCUT2D eigenvalue weighted by atomic mass is 9.99. The molecule has 1 aliphatic heterocycles. The molecule has 4 heteroatoms. The van der Waals surface area contributed by atoms with Gasteiger partial charge in [0.05, 0.1) is 13.5 Å². The first-order valence-electron chi connectivity index (χ1n) is 11.8. The van der Waals surface area contributed by atoms with E-state index in [1.807, 2.05) is 24.3 Å². The van der Waals surface area contributed by atoms with Gasteiger partial charge in [-0.2, -0.15) is 0 Å². The fraction of sp³-hybridized carbons (Fsp3) is 0.519. The van der Waals surface area contributed by atoms with Gasteiger partial charge in [0, 0.05) is 31.7 Å². The number of aryl methyl sites for hydroxylation is 1. The fourth-order valence-electron chi connectivity index (χ4n) is 5.16. The van der Waals surface area contributed by atoms with Crippen molar-refractivity contribution in [2.45, 2.75) is 70.5 Å². The summed E-state index contributed by atoms with van der Waals surface area (Å²) in [6.07, 6.45) is 8.07. The Morgan fingerprint density at radius 1 is 0.935 bits per heavy atom. The van der Waals surface area contributed by atoms with Crippen LogP contribution in [0.3, 0.4) is 0 Å². The van der Waals surface area contributed by atoms with E-state index in [-0.39, 0.29) is 5.91 Å². The molecule has 0 radical (unpaired) electrons. The SMILES string of the molecule is COc1ccc(CC(=O)N(Cc2ccc(C)cc2)C2CCN(C3CCCC3)CC2)cc1. The van der Waals surface area contributed by atoms with Gasteiger partial charge in [-0.05, 0) is 55.9 Å². The molecule has 4 nitrogen and oxygen atoms in total. The molecule has 2 aromatic carbocycles. The minimum atomic E-state index is 0.227. The van der Waals surface area contributed by atoms with Crippen molar-refractivity contribution in [1.82, 2.24) is 9.80 Å². The maximum Gasteiger partial charge on any atom is 0.227 e. The van der Waals surface area contributed by atoms with E-state index in [9.17, 15) is 4.79 Å². The van der Waals surface area contributed by atoms with Crippen LogP contribution in [0.25, 0.3) is 0 Å². The van der Waals surface area contributed by atoms with Crippen molar-refractivity contribution in [1.29, 1.82) is 0 Å². The summed E-state index contributed by atoms with van der Waals surface area (Å²) in [7, 11) is 1.67. The van der Waals surface area contributed by atoms with Crippen molar-refractivity contribution in [3.8, 4) is 5.75 Å². The van der Waals surface area contributed by atoms with Gasteiger partial charge in [0.15, 0.2) is 0 Å². The van der Waals surface area contributed by atoms with Gasteiger partial charge in [-0.1, -0.05) is 54.8 Å². The quantitative estimate of drug-likeness (QED) is 0.633. The first kappa shape index (κ1) is 21.9. The van der Waals surface area contributed by atoms with Crippen molar-refractivity contribution in [3.63, 3.8) is 0 Å². The number of rotatable bonds is 7. The number of carbonyl (C=O) groups is 1. The predicted molar refractivity (Wildman–Crippen MR) is 125 cm³/mol. The van der Waals surface area contributed by atoms with E-state index >= 15 is 0 Å². The molecule has 0 bridgehead atoms. The van der Waals surface area contributed by atoms with Crippen molar-refractivity contribution in [3.05, 3.63) is 65.2 Å². The third-order valence-corrected chi connectivity index (χ3v) is 7.09. The second-order valence-electron chi connectivity index (χ2n) is 9.24. The maximum absolute atomic E-state index is 13.5. The molecule has 1 heterocycles. The second kappa shape index (κ2) is 10.3. The molecule has 31 heavy (non-hydrogen) atoms. The Balaban J connectivity index is 1.45. The molecule has 166 valence electrons. The summed E-state index contributed by atoms with van der Waals surface area (Å²) in [5.41, 5.74) is 3.51. The Kier molecular flexibility index (Phi) is 7.29. The number of nitrogens with zero attached hydrogens (tertiary/aromatic N) is 2. The van der Waals surface area contributed by atoms with Crippen LogP contribution in [0.4, 0.5) is 0 Å². The molecule has 1 amide bonds. The number of benzene rings is 2. The highest BCUT2D eigenvalue weighted by Crippen LogP contribution is 2.28. The van der Waals surface area contributed by atoms with Gasteiger partial charge in [0.25, 0.3) is 0 Å². The Hall–Kier alpha value is -2.33. The molecule has 4 rings (SSSR count). The molecule has 0 unspecified atom stereocenters. The zero-order valence-electron chi connectivity index (χ0n) is 19.1. The molecule has 2 aliphatic rings. The minimum Gasteiger partial charge on any atom is -0.497 e. The fourth-order valence-corrected chi connectivity index (χ4v) is 5.16. The summed E-state index contributed by atoms with van der Waals surface area (Å²) in [5.74, 6) is 1.05. The van der Waals surface area contributed by atoms with E-state index in [4.69, 9.17) is 4.74 Å². The summed E-state index contributed by atoms with van der Waals surface area (Å²) in [6.45, 7) is 5.05. The summed E-state index contributed by atoms with van der Waals surface area (Å²) >= 11 is 0. The molecule has 1 saturated carbocycles. The van der Waals surface area contributed by atoms with Gasteiger partial charge in [0.1, 0.15) is 5.75 Å². The van der Waals surface area contributed by atoms with Gasteiger partial charge < -0.3 is 14.5 Å². The molecular weight excluding hydrogens is 384 g/mol. The van der Waals surface area contributed by atoms with Crippen LogP contribution in [-0.2, 0) is 17.8 Å². The van der Waals surface area contributed by atoms with E-state index in [1.54, 1.807) is 7.11 Å². The number of ether oxygens (including phenoxy) is 1. The summed E-state index contributed by atoms with van der Waals surface area (Å²) < 4.78 is 5.26. The molecule has 2 fully saturated rings. The average Bonchev–Trinajstić information content (AvgIpc) is 3.34. The average molecular weight is 421 g/mol. The van der Waals surface area contributed by atoms with Crippen LogP contribution < -0.4 is 4.74 Å². The third-order valence-electron chi connectivity index (χ3n) is 7.09. The van der Waals surface area contributed by atoms with Gasteiger partial charge in [-0.25, -0.2) is 0 Å². The third kappa shape index (κ3) is 5.68. The standard InChI is InChI=1S/C27H36N2O2/c1-21-7-9-23(10-8-21)20-29(27(30)19-22-11-13-26(31-2)14-12-22)25-15-17-28(18-16-25)24-5-3-4-6-24/h7-14,24-25H,3-6,15-20H2,1-2H3. The number of carbonyl (C=O) groups excluding carboxylic acids is 1. The summed E-state index contributed by atoms with van der Waals surface area (Å²) in [5, 5.41) is 0. The molecule has 0 aromatic heterocycles. The molecule has 1 aliphatic carbocycles. The van der Waals surface area contributed by atoms with Crippen molar-refractivity contribution >= 4 is 5.91 Å². The van der Waals surface area contributed by atoms with Gasteiger partial charge in [0.2, 0.25) is 5.91 Å². The molecule has 2 aromatic rings. The van der Waals surface area contributed by atoms with E-state index in [2.05, 4.69) is 41.0 Å². The lowest BCUT2D eigenvalue weighted by molar-refractivity contribution is -0.134. The topological polar surface area (TPSA) is 32.8 Å². The zero-order chi connectivity index (χ0) is 21.6. The highest BCUT2D eigenvalue weighted by molar-refractivity contribution is 5.79. The smallest absolute Gasteiger partial charge is 0.227 e. The van der Waals surface area contributed by atoms with E-state index < -0.39 is 0 Å². The van der Waals surface area contributed by atoms with Crippen LogP contribution >= 0.6 is 0 Å². The van der Waals surface area contributed by atoms with Crippen molar-refractivity contribution in [2.24, 2.45) is 0 Å². The number of hydrogen-bond donors (Lipinski definition) is 0. The van der Waals surface area contributed by atoms with Gasteiger partial charge >= 0.3 is 0 Å². The highest BCUT2D eigenvalue weighted by atomic mass is 16.5.